The van der Waals surface area contributed by atoms with Gasteiger partial charge in [-0.25, -0.2) is 0 Å². The Hall–Kier alpha value is -1.63. The molecule has 0 aliphatic carbocycles. The van der Waals surface area contributed by atoms with Crippen molar-refractivity contribution in [1.29, 1.82) is 0 Å². The second-order valence-electron chi connectivity index (χ2n) is 3.29. The molecule has 3 N–H and O–H groups in total. The fourth-order valence-electron chi connectivity index (χ4n) is 1.70. The molecule has 0 saturated carbocycles. The monoisotopic (exact) mass is 242 g/mol. The molecule has 6 nitrogen and oxygen atoms in total. The van der Waals surface area contributed by atoms with Crippen LogP contribution in [0.5, 0.6) is 5.75 Å². The summed E-state index contributed by atoms with van der Waals surface area (Å²) in [6.45, 7) is 0. The number of rotatable bonds is 2. The smallest absolute Gasteiger partial charge is 0.299 e. The first-order valence-electron chi connectivity index (χ1n) is 4.49. The fraction of sp³-hybridized carbons (Fsp3) is 0.333. The quantitative estimate of drug-likeness (QED) is 0.726. The van der Waals surface area contributed by atoms with E-state index in [1.165, 1.54) is 18.9 Å². The van der Waals surface area contributed by atoms with Crippen LogP contribution in [0.25, 0.3) is 0 Å². The minimum Gasteiger partial charge on any atom is -0.507 e. The Kier molecular flexibility index (Phi) is 2.55. The summed E-state index contributed by atoms with van der Waals surface area (Å²) in [5.74, 6) is -0.172. The van der Waals surface area contributed by atoms with E-state index in [0.29, 0.717) is 22.8 Å². The Labute approximate surface area is 95.0 Å². The Balaban J connectivity index is 2.84. The zero-order chi connectivity index (χ0) is 11.9. The highest BCUT2D eigenvalue weighted by Gasteiger charge is 2.28. The van der Waals surface area contributed by atoms with Crippen molar-refractivity contribution in [3.63, 3.8) is 0 Å². The first-order valence-corrected chi connectivity index (χ1v) is 5.65. The third-order valence-corrected chi connectivity index (χ3v) is 3.40. The van der Waals surface area contributed by atoms with Crippen LogP contribution >= 0.6 is 11.8 Å². The largest absolute Gasteiger partial charge is 0.507 e. The first kappa shape index (κ1) is 10.9. The molecule has 2 heterocycles. The average molecular weight is 242 g/mol. The van der Waals surface area contributed by atoms with Crippen LogP contribution in [0.1, 0.15) is 21.6 Å². The highest BCUT2D eigenvalue weighted by molar-refractivity contribution is 7.98. The van der Waals surface area contributed by atoms with Gasteiger partial charge in [0, 0.05) is 17.1 Å². The summed E-state index contributed by atoms with van der Waals surface area (Å²) in [6.07, 6.45) is 0. The van der Waals surface area contributed by atoms with E-state index >= 15 is 0 Å². The predicted molar refractivity (Wildman–Crippen MR) is 58.4 cm³/mol. The van der Waals surface area contributed by atoms with Crippen LogP contribution in [0.3, 0.4) is 0 Å². The molecule has 2 rings (SSSR count). The molecule has 0 atom stereocenters. The number of fused-ring (bicyclic) bond motifs is 1. The highest BCUT2D eigenvalue weighted by atomic mass is 32.2. The number of pyridine rings is 1. The standard InChI is InChI=1S/C9H10N2O4S/c1-15-11-5-3-16-2-4(5)7(12)6(8(10)13)9(11)14/h12H,2-3H2,1H3,(H2,10,13). The van der Waals surface area contributed by atoms with Crippen LogP contribution in [0.4, 0.5) is 0 Å². The molecule has 0 fully saturated rings. The van der Waals surface area contributed by atoms with Gasteiger partial charge < -0.3 is 15.7 Å². The number of thioether (sulfide) groups is 1. The van der Waals surface area contributed by atoms with Gasteiger partial charge in [0.15, 0.2) is 0 Å². The number of primary amides is 1. The molecule has 1 aromatic rings. The number of amides is 1. The lowest BCUT2D eigenvalue weighted by molar-refractivity contribution is 0.0985. The average Bonchev–Trinajstić information content (AvgIpc) is 2.66. The fourth-order valence-corrected chi connectivity index (χ4v) is 2.79. The number of carbonyl (C=O) groups excluding carboxylic acids is 1. The SMILES string of the molecule is COn1c2c(c(O)c(C(N)=O)c1=O)CSC2. The number of aromatic hydroxyl groups is 1. The van der Waals surface area contributed by atoms with Crippen LogP contribution in [0.15, 0.2) is 4.79 Å². The van der Waals surface area contributed by atoms with Gasteiger partial charge in [-0.3, -0.25) is 9.59 Å². The summed E-state index contributed by atoms with van der Waals surface area (Å²) in [7, 11) is 1.33. The third-order valence-electron chi connectivity index (χ3n) is 2.43. The predicted octanol–water partition coefficient (Wildman–Crippen LogP) is -0.542. The number of carbonyl (C=O) groups is 1. The summed E-state index contributed by atoms with van der Waals surface area (Å²) in [5.41, 5.74) is 5.06. The van der Waals surface area contributed by atoms with Crippen molar-refractivity contribution in [2.45, 2.75) is 11.5 Å². The molecular weight excluding hydrogens is 232 g/mol. The van der Waals surface area contributed by atoms with Gasteiger partial charge in [0.1, 0.15) is 18.4 Å². The number of hydrogen-bond donors (Lipinski definition) is 2. The van der Waals surface area contributed by atoms with Crippen molar-refractivity contribution >= 4 is 17.7 Å². The van der Waals surface area contributed by atoms with Crippen LogP contribution in [-0.4, -0.2) is 22.9 Å². The van der Waals surface area contributed by atoms with E-state index in [1.807, 2.05) is 0 Å². The molecule has 1 amide bonds. The van der Waals surface area contributed by atoms with Gasteiger partial charge >= 0.3 is 0 Å². The lowest BCUT2D eigenvalue weighted by Gasteiger charge is -2.12. The second-order valence-corrected chi connectivity index (χ2v) is 4.27. The van der Waals surface area contributed by atoms with E-state index in [9.17, 15) is 14.7 Å². The molecular formula is C9H10N2O4S. The molecule has 0 saturated heterocycles. The van der Waals surface area contributed by atoms with Crippen LogP contribution < -0.4 is 16.1 Å². The zero-order valence-corrected chi connectivity index (χ0v) is 9.34. The molecule has 0 radical (unpaired) electrons. The molecule has 1 aromatic heterocycles. The van der Waals surface area contributed by atoms with E-state index in [1.54, 1.807) is 0 Å². The van der Waals surface area contributed by atoms with Crippen molar-refractivity contribution in [1.82, 2.24) is 4.73 Å². The maximum absolute atomic E-state index is 11.8. The van der Waals surface area contributed by atoms with E-state index in [2.05, 4.69) is 0 Å². The number of nitrogens with zero attached hydrogens (tertiary/aromatic N) is 1. The second kappa shape index (κ2) is 3.75. The minimum absolute atomic E-state index is 0.314. The summed E-state index contributed by atoms with van der Waals surface area (Å²) in [5, 5.41) is 9.80. The van der Waals surface area contributed by atoms with Gasteiger partial charge in [-0.1, -0.05) is 0 Å². The van der Waals surface area contributed by atoms with Crippen molar-refractivity contribution in [3.8, 4) is 5.75 Å². The third kappa shape index (κ3) is 1.35. The Morgan fingerprint density at radius 3 is 2.81 bits per heavy atom. The van der Waals surface area contributed by atoms with E-state index < -0.39 is 17.0 Å². The van der Waals surface area contributed by atoms with E-state index in [-0.39, 0.29) is 5.75 Å². The topological polar surface area (TPSA) is 94.5 Å². The maximum atomic E-state index is 11.8. The molecule has 1 aliphatic rings. The summed E-state index contributed by atoms with van der Waals surface area (Å²) in [4.78, 5) is 27.8. The minimum atomic E-state index is -0.951. The van der Waals surface area contributed by atoms with Crippen LogP contribution in [0, 0.1) is 0 Å². The van der Waals surface area contributed by atoms with E-state index in [0.717, 1.165) is 4.73 Å². The number of hydrogen-bond acceptors (Lipinski definition) is 5. The maximum Gasteiger partial charge on any atom is 0.299 e. The van der Waals surface area contributed by atoms with Gasteiger partial charge in [0.2, 0.25) is 0 Å². The highest BCUT2D eigenvalue weighted by Crippen LogP contribution is 2.35. The summed E-state index contributed by atoms with van der Waals surface area (Å²) >= 11 is 1.52. The molecule has 86 valence electrons. The van der Waals surface area contributed by atoms with Gasteiger partial charge in [-0.15, -0.1) is 4.73 Å². The molecule has 0 aromatic carbocycles. The van der Waals surface area contributed by atoms with Gasteiger partial charge in [-0.2, -0.15) is 11.8 Å². The number of aromatic nitrogens is 1. The number of nitrogens with two attached hydrogens (primary N) is 1. The normalized spacial score (nSPS) is 13.6. The Morgan fingerprint density at radius 2 is 2.25 bits per heavy atom. The van der Waals surface area contributed by atoms with Crippen molar-refractivity contribution in [3.05, 3.63) is 27.2 Å². The lowest BCUT2D eigenvalue weighted by Crippen LogP contribution is -2.34. The summed E-state index contributed by atoms with van der Waals surface area (Å²) in [6, 6.07) is 0. The molecule has 16 heavy (non-hydrogen) atoms. The molecule has 0 unspecified atom stereocenters. The Morgan fingerprint density at radius 1 is 1.56 bits per heavy atom. The zero-order valence-electron chi connectivity index (χ0n) is 8.52. The lowest BCUT2D eigenvalue weighted by atomic mass is 10.1. The Bertz CT molecular complexity index is 523. The molecule has 0 bridgehead atoms. The van der Waals surface area contributed by atoms with Crippen molar-refractivity contribution in [2.75, 3.05) is 7.11 Å². The van der Waals surface area contributed by atoms with E-state index in [4.69, 9.17) is 10.6 Å². The van der Waals surface area contributed by atoms with Crippen molar-refractivity contribution in [2.24, 2.45) is 5.73 Å². The van der Waals surface area contributed by atoms with Crippen molar-refractivity contribution < 1.29 is 14.7 Å². The van der Waals surface area contributed by atoms with Crippen LogP contribution in [0.2, 0.25) is 0 Å². The van der Waals surface area contributed by atoms with Gasteiger partial charge in [-0.05, 0) is 0 Å². The summed E-state index contributed by atoms with van der Waals surface area (Å²) < 4.78 is 1.01. The first-order chi connectivity index (χ1) is 7.57. The molecule has 0 spiro atoms. The molecule has 7 heteroatoms. The van der Waals surface area contributed by atoms with Gasteiger partial charge in [0.05, 0.1) is 5.69 Å². The van der Waals surface area contributed by atoms with Gasteiger partial charge in [0.25, 0.3) is 11.5 Å². The molecule has 1 aliphatic heterocycles. The van der Waals surface area contributed by atoms with Crippen LogP contribution in [-0.2, 0) is 11.5 Å².